The lowest BCUT2D eigenvalue weighted by Gasteiger charge is -2.33. The van der Waals surface area contributed by atoms with Crippen molar-refractivity contribution in [3.05, 3.63) is 17.5 Å². The van der Waals surface area contributed by atoms with Gasteiger partial charge in [0.1, 0.15) is 6.04 Å². The Balaban J connectivity index is 2.22. The van der Waals surface area contributed by atoms with E-state index in [1.54, 1.807) is 22.7 Å². The molecule has 1 aliphatic rings. The molecule has 1 atom stereocenters. The third-order valence-electron chi connectivity index (χ3n) is 3.57. The number of ether oxygens (including phenoxy) is 1. The van der Waals surface area contributed by atoms with Crippen LogP contribution in [0, 0.1) is 6.92 Å². The fourth-order valence-electron chi connectivity index (χ4n) is 2.37. The van der Waals surface area contributed by atoms with Crippen molar-refractivity contribution in [3.63, 3.8) is 0 Å². The summed E-state index contributed by atoms with van der Waals surface area (Å²) >= 11 is 0. The number of rotatable bonds is 2. The molecule has 0 spiro atoms. The second-order valence-electron chi connectivity index (χ2n) is 4.83. The van der Waals surface area contributed by atoms with E-state index in [-0.39, 0.29) is 11.9 Å². The van der Waals surface area contributed by atoms with Crippen LogP contribution in [0.2, 0.25) is 0 Å². The molecule has 1 aromatic rings. The molecule has 1 amide bonds. The van der Waals surface area contributed by atoms with Gasteiger partial charge in [-0.15, -0.1) is 0 Å². The minimum absolute atomic E-state index is 0.196. The molecule has 2 rings (SSSR count). The molecule has 0 saturated carbocycles. The van der Waals surface area contributed by atoms with E-state index in [9.17, 15) is 9.59 Å². The maximum atomic E-state index is 12.4. The fraction of sp³-hybridized carbons (Fsp3) is 0.615. The van der Waals surface area contributed by atoms with Crippen molar-refractivity contribution in [1.29, 1.82) is 0 Å². The number of carbonyl (C=O) groups is 2. The molecule has 2 heterocycles. The summed E-state index contributed by atoms with van der Waals surface area (Å²) in [5.41, 5.74) is 1.30. The molecule has 0 aromatic carbocycles. The first-order chi connectivity index (χ1) is 9.04. The Hall–Kier alpha value is -1.85. The molecule has 6 nitrogen and oxygen atoms in total. The van der Waals surface area contributed by atoms with Gasteiger partial charge in [0.05, 0.1) is 7.11 Å². The van der Waals surface area contributed by atoms with Crippen LogP contribution < -0.4 is 0 Å². The number of hydrogen-bond donors (Lipinski definition) is 0. The van der Waals surface area contributed by atoms with Gasteiger partial charge < -0.3 is 9.64 Å². The van der Waals surface area contributed by atoms with Gasteiger partial charge in [-0.2, -0.15) is 5.10 Å². The number of likely N-dealkylation sites (tertiary alicyclic amines) is 1. The van der Waals surface area contributed by atoms with Crippen LogP contribution in [0.25, 0.3) is 0 Å². The monoisotopic (exact) mass is 265 g/mol. The Labute approximate surface area is 112 Å². The van der Waals surface area contributed by atoms with Crippen molar-refractivity contribution in [2.75, 3.05) is 13.7 Å². The molecule has 19 heavy (non-hydrogen) atoms. The normalized spacial score (nSPS) is 19.3. The largest absolute Gasteiger partial charge is 0.467 e. The first-order valence-corrected chi connectivity index (χ1v) is 6.44. The van der Waals surface area contributed by atoms with E-state index in [1.165, 1.54) is 7.11 Å². The number of amides is 1. The predicted molar refractivity (Wildman–Crippen MR) is 68.6 cm³/mol. The van der Waals surface area contributed by atoms with Gasteiger partial charge in [-0.3, -0.25) is 9.48 Å². The number of aryl methyl sites for hydroxylation is 2. The third-order valence-corrected chi connectivity index (χ3v) is 3.57. The first kappa shape index (κ1) is 13.6. The first-order valence-electron chi connectivity index (χ1n) is 6.44. The fourth-order valence-corrected chi connectivity index (χ4v) is 2.37. The molecule has 0 N–H and O–H groups in total. The van der Waals surface area contributed by atoms with Gasteiger partial charge >= 0.3 is 5.97 Å². The van der Waals surface area contributed by atoms with Crippen molar-refractivity contribution in [2.24, 2.45) is 7.05 Å². The average molecular weight is 265 g/mol. The number of aromatic nitrogens is 2. The Morgan fingerprint density at radius 1 is 1.42 bits per heavy atom. The molecular weight excluding hydrogens is 246 g/mol. The molecule has 1 saturated heterocycles. The Morgan fingerprint density at radius 3 is 2.74 bits per heavy atom. The van der Waals surface area contributed by atoms with Gasteiger partial charge in [-0.05, 0) is 32.3 Å². The van der Waals surface area contributed by atoms with Gasteiger partial charge in [0.2, 0.25) is 0 Å². The second-order valence-corrected chi connectivity index (χ2v) is 4.83. The minimum atomic E-state index is -0.478. The number of methoxy groups -OCH3 is 1. The van der Waals surface area contributed by atoms with E-state index in [1.807, 2.05) is 6.92 Å². The van der Waals surface area contributed by atoms with Crippen molar-refractivity contribution in [3.8, 4) is 0 Å². The molecule has 0 bridgehead atoms. The van der Waals surface area contributed by atoms with E-state index in [2.05, 4.69) is 5.10 Å². The summed E-state index contributed by atoms with van der Waals surface area (Å²) in [6.07, 6.45) is 2.50. The van der Waals surface area contributed by atoms with Crippen LogP contribution in [-0.2, 0) is 16.6 Å². The molecule has 0 aliphatic carbocycles. The summed E-state index contributed by atoms with van der Waals surface area (Å²) in [7, 11) is 3.14. The molecule has 1 aliphatic heterocycles. The number of hydrogen-bond acceptors (Lipinski definition) is 4. The van der Waals surface area contributed by atoms with Gasteiger partial charge in [0.25, 0.3) is 5.91 Å². The lowest BCUT2D eigenvalue weighted by molar-refractivity contribution is -0.147. The Kier molecular flexibility index (Phi) is 3.87. The average Bonchev–Trinajstić information content (AvgIpc) is 2.77. The molecule has 1 fully saturated rings. The summed E-state index contributed by atoms with van der Waals surface area (Å²) in [5.74, 6) is -0.542. The molecule has 1 aromatic heterocycles. The number of esters is 1. The van der Waals surface area contributed by atoms with Crippen LogP contribution in [0.15, 0.2) is 6.07 Å². The number of carbonyl (C=O) groups excluding carboxylic acids is 2. The third kappa shape index (κ3) is 2.62. The molecule has 6 heteroatoms. The highest BCUT2D eigenvalue weighted by Crippen LogP contribution is 2.20. The zero-order chi connectivity index (χ0) is 14.0. The summed E-state index contributed by atoms with van der Waals surface area (Å²) < 4.78 is 6.43. The standard InChI is InChI=1S/C13H19N3O3/c1-9-8-10(14-15(9)2)12(17)16-7-5-4-6-11(16)13(18)19-3/h8,11H,4-7H2,1-3H3/t11-/m1/s1. The quantitative estimate of drug-likeness (QED) is 0.745. The molecule has 0 unspecified atom stereocenters. The van der Waals surface area contributed by atoms with Gasteiger partial charge in [-0.1, -0.05) is 0 Å². The van der Waals surface area contributed by atoms with Crippen LogP contribution in [0.3, 0.4) is 0 Å². The van der Waals surface area contributed by atoms with Crippen LogP contribution in [0.5, 0.6) is 0 Å². The molecular formula is C13H19N3O3. The van der Waals surface area contributed by atoms with Crippen LogP contribution in [0.4, 0.5) is 0 Å². The van der Waals surface area contributed by atoms with E-state index in [0.717, 1.165) is 18.5 Å². The van der Waals surface area contributed by atoms with Gasteiger partial charge in [-0.25, -0.2) is 4.79 Å². The zero-order valence-corrected chi connectivity index (χ0v) is 11.5. The highest BCUT2D eigenvalue weighted by atomic mass is 16.5. The molecule has 0 radical (unpaired) electrons. The van der Waals surface area contributed by atoms with Crippen molar-refractivity contribution >= 4 is 11.9 Å². The summed E-state index contributed by atoms with van der Waals surface area (Å²) in [5, 5.41) is 4.18. The van der Waals surface area contributed by atoms with E-state index >= 15 is 0 Å². The number of piperidine rings is 1. The topological polar surface area (TPSA) is 64.4 Å². The smallest absolute Gasteiger partial charge is 0.328 e. The maximum absolute atomic E-state index is 12.4. The van der Waals surface area contributed by atoms with Crippen molar-refractivity contribution in [2.45, 2.75) is 32.2 Å². The Bertz CT molecular complexity index is 476. The second kappa shape index (κ2) is 5.42. The highest BCUT2D eigenvalue weighted by molar-refractivity contribution is 5.95. The minimum Gasteiger partial charge on any atom is -0.467 e. The highest BCUT2D eigenvalue weighted by Gasteiger charge is 2.34. The van der Waals surface area contributed by atoms with Gasteiger partial charge in [0.15, 0.2) is 5.69 Å². The predicted octanol–water partition coefficient (Wildman–Crippen LogP) is 0.896. The summed E-state index contributed by atoms with van der Waals surface area (Å²) in [4.78, 5) is 25.8. The summed E-state index contributed by atoms with van der Waals surface area (Å²) in [6, 6.07) is 1.26. The number of nitrogens with zero attached hydrogens (tertiary/aromatic N) is 3. The zero-order valence-electron chi connectivity index (χ0n) is 11.5. The van der Waals surface area contributed by atoms with E-state index in [4.69, 9.17) is 4.74 Å². The van der Waals surface area contributed by atoms with Gasteiger partial charge in [0, 0.05) is 19.3 Å². The molecule has 104 valence electrons. The van der Waals surface area contributed by atoms with Crippen LogP contribution >= 0.6 is 0 Å². The van der Waals surface area contributed by atoms with Crippen molar-refractivity contribution in [1.82, 2.24) is 14.7 Å². The maximum Gasteiger partial charge on any atom is 0.328 e. The lowest BCUT2D eigenvalue weighted by Crippen LogP contribution is -2.48. The van der Waals surface area contributed by atoms with Crippen molar-refractivity contribution < 1.29 is 14.3 Å². The van der Waals surface area contributed by atoms with Crippen LogP contribution in [0.1, 0.15) is 35.4 Å². The van der Waals surface area contributed by atoms with E-state index < -0.39 is 6.04 Å². The lowest BCUT2D eigenvalue weighted by atomic mass is 10.0. The Morgan fingerprint density at radius 2 is 2.16 bits per heavy atom. The summed E-state index contributed by atoms with van der Waals surface area (Å²) in [6.45, 7) is 2.46. The van der Waals surface area contributed by atoms with E-state index in [0.29, 0.717) is 18.7 Å². The SMILES string of the molecule is COC(=O)[C@H]1CCCCN1C(=O)c1cc(C)n(C)n1. The van der Waals surface area contributed by atoms with Crippen LogP contribution in [-0.4, -0.2) is 46.3 Å².